The molecular formula is C9H13P. The highest BCUT2D eigenvalue weighted by Gasteiger charge is 2.15. The minimum atomic E-state index is 0.198. The summed E-state index contributed by atoms with van der Waals surface area (Å²) in [6.07, 6.45) is 14.0. The molecule has 0 nitrogen and oxygen atoms in total. The summed E-state index contributed by atoms with van der Waals surface area (Å²) in [4.78, 5) is 0. The van der Waals surface area contributed by atoms with Gasteiger partial charge in [-0.25, -0.2) is 0 Å². The topological polar surface area (TPSA) is 0 Å². The highest BCUT2D eigenvalue weighted by atomic mass is 31.0. The molecule has 0 aromatic rings. The molecule has 0 N–H and O–H groups in total. The summed E-state index contributed by atoms with van der Waals surface area (Å²) in [6.45, 7) is 2.05. The van der Waals surface area contributed by atoms with Crippen LogP contribution in [0, 0.1) is 0 Å². The Labute approximate surface area is 64.9 Å². The van der Waals surface area contributed by atoms with Crippen LogP contribution in [0.2, 0.25) is 0 Å². The van der Waals surface area contributed by atoms with Gasteiger partial charge in [0.1, 0.15) is 0 Å². The van der Waals surface area contributed by atoms with Crippen molar-refractivity contribution in [3.63, 3.8) is 0 Å². The Kier molecular flexibility index (Phi) is 2.45. The van der Waals surface area contributed by atoms with Gasteiger partial charge < -0.3 is 0 Å². The first kappa shape index (κ1) is 7.75. The number of hydrogen-bond donors (Lipinski definition) is 0. The van der Waals surface area contributed by atoms with Crippen LogP contribution in [-0.4, -0.2) is 5.16 Å². The smallest absolute Gasteiger partial charge is 0.0242 e. The van der Waals surface area contributed by atoms with E-state index in [1.807, 2.05) is 0 Å². The fraction of sp³-hybridized carbons (Fsp3) is 0.333. The van der Waals surface area contributed by atoms with Crippen molar-refractivity contribution in [2.75, 3.05) is 0 Å². The Morgan fingerprint density at radius 1 is 1.50 bits per heavy atom. The number of allylic oxidation sites excluding steroid dienone is 6. The lowest BCUT2D eigenvalue weighted by Gasteiger charge is -2.21. The van der Waals surface area contributed by atoms with Gasteiger partial charge >= 0.3 is 0 Å². The summed E-state index contributed by atoms with van der Waals surface area (Å²) < 4.78 is 0. The van der Waals surface area contributed by atoms with E-state index in [0.717, 1.165) is 6.42 Å². The molecule has 0 amide bonds. The molecule has 0 aliphatic heterocycles. The second-order valence-electron chi connectivity index (χ2n) is 2.60. The molecule has 1 rings (SSSR count). The van der Waals surface area contributed by atoms with Crippen LogP contribution in [0.25, 0.3) is 0 Å². The van der Waals surface area contributed by atoms with Crippen molar-refractivity contribution in [3.05, 3.63) is 36.5 Å². The Morgan fingerprint density at radius 2 is 2.30 bits per heavy atom. The summed E-state index contributed by atoms with van der Waals surface area (Å²) in [5.41, 5.74) is 0. The van der Waals surface area contributed by atoms with Crippen LogP contribution in [0.4, 0.5) is 0 Å². The van der Waals surface area contributed by atoms with Crippen LogP contribution in [0.15, 0.2) is 36.5 Å². The average Bonchev–Trinajstić information content (AvgIpc) is 1.89. The maximum atomic E-state index is 2.86. The van der Waals surface area contributed by atoms with Gasteiger partial charge in [-0.3, -0.25) is 0 Å². The molecule has 10 heavy (non-hydrogen) atoms. The van der Waals surface area contributed by atoms with E-state index >= 15 is 0 Å². The zero-order valence-electron chi connectivity index (χ0n) is 6.25. The van der Waals surface area contributed by atoms with E-state index in [1.54, 1.807) is 0 Å². The molecule has 54 valence electrons. The maximum Gasteiger partial charge on any atom is 0.0242 e. The lowest BCUT2D eigenvalue weighted by molar-refractivity contribution is 0.881. The zero-order chi connectivity index (χ0) is 7.45. The van der Waals surface area contributed by atoms with Gasteiger partial charge in [-0.2, -0.15) is 0 Å². The third-order valence-corrected chi connectivity index (χ3v) is 2.22. The van der Waals surface area contributed by atoms with Gasteiger partial charge in [0.15, 0.2) is 0 Å². The maximum absolute atomic E-state index is 2.86. The van der Waals surface area contributed by atoms with Crippen molar-refractivity contribution >= 4 is 9.24 Å². The molecular weight excluding hydrogens is 139 g/mol. The van der Waals surface area contributed by atoms with E-state index in [4.69, 9.17) is 0 Å². The molecule has 0 aromatic carbocycles. The molecule has 1 heteroatoms. The fourth-order valence-corrected chi connectivity index (χ4v) is 1.53. The first-order chi connectivity index (χ1) is 4.77. The first-order valence-corrected chi connectivity index (χ1v) is 4.12. The molecule has 0 fully saturated rings. The lowest BCUT2D eigenvalue weighted by atomic mass is 9.99. The van der Waals surface area contributed by atoms with E-state index in [-0.39, 0.29) is 5.16 Å². The standard InChI is InChI=1S/C9H13P/c1-2-6-9(10)7-4-3-5-8-9/h2-7H,8,10H2,1H3. The molecule has 1 aliphatic rings. The minimum absolute atomic E-state index is 0.198. The van der Waals surface area contributed by atoms with E-state index in [9.17, 15) is 0 Å². The van der Waals surface area contributed by atoms with Crippen molar-refractivity contribution in [2.24, 2.45) is 0 Å². The Hall–Kier alpha value is -0.350. The Balaban J connectivity index is 2.70. The van der Waals surface area contributed by atoms with Gasteiger partial charge in [0.25, 0.3) is 0 Å². The van der Waals surface area contributed by atoms with Crippen molar-refractivity contribution in [2.45, 2.75) is 18.5 Å². The summed E-state index contributed by atoms with van der Waals surface area (Å²) in [7, 11) is 2.86. The van der Waals surface area contributed by atoms with E-state index < -0.39 is 0 Å². The molecule has 0 saturated carbocycles. The van der Waals surface area contributed by atoms with Crippen molar-refractivity contribution in [1.29, 1.82) is 0 Å². The molecule has 0 bridgehead atoms. The highest BCUT2D eigenvalue weighted by molar-refractivity contribution is 7.19. The third kappa shape index (κ3) is 1.82. The number of hydrogen-bond acceptors (Lipinski definition) is 0. The number of rotatable bonds is 1. The largest absolute Gasteiger partial charge is 0.123 e. The Morgan fingerprint density at radius 3 is 2.80 bits per heavy atom. The quantitative estimate of drug-likeness (QED) is 0.400. The lowest BCUT2D eigenvalue weighted by Crippen LogP contribution is -2.13. The van der Waals surface area contributed by atoms with Crippen molar-refractivity contribution < 1.29 is 0 Å². The van der Waals surface area contributed by atoms with Gasteiger partial charge in [0, 0.05) is 5.16 Å². The summed E-state index contributed by atoms with van der Waals surface area (Å²) in [5, 5.41) is 0.198. The minimum Gasteiger partial charge on any atom is -0.123 e. The predicted molar refractivity (Wildman–Crippen MR) is 50.2 cm³/mol. The molecule has 0 heterocycles. The van der Waals surface area contributed by atoms with Crippen LogP contribution in [0.3, 0.4) is 0 Å². The van der Waals surface area contributed by atoms with Crippen LogP contribution in [0.5, 0.6) is 0 Å². The van der Waals surface area contributed by atoms with Crippen LogP contribution < -0.4 is 0 Å². The molecule has 2 unspecified atom stereocenters. The molecule has 0 radical (unpaired) electrons. The second kappa shape index (κ2) is 3.16. The monoisotopic (exact) mass is 152 g/mol. The van der Waals surface area contributed by atoms with Gasteiger partial charge in [0.05, 0.1) is 0 Å². The van der Waals surface area contributed by atoms with Gasteiger partial charge in [-0.15, -0.1) is 9.24 Å². The molecule has 2 atom stereocenters. The third-order valence-electron chi connectivity index (χ3n) is 1.60. The molecule has 0 spiro atoms. The SMILES string of the molecule is CC=CC1(P)C=CC=CC1. The van der Waals surface area contributed by atoms with Crippen LogP contribution in [-0.2, 0) is 0 Å². The molecule has 0 saturated heterocycles. The summed E-state index contributed by atoms with van der Waals surface area (Å²) >= 11 is 0. The predicted octanol–water partition coefficient (Wildman–Crippen LogP) is 2.69. The van der Waals surface area contributed by atoms with Crippen LogP contribution in [0.1, 0.15) is 13.3 Å². The highest BCUT2D eigenvalue weighted by Crippen LogP contribution is 2.29. The molecule has 0 aromatic heterocycles. The first-order valence-electron chi connectivity index (χ1n) is 3.54. The zero-order valence-corrected chi connectivity index (χ0v) is 7.40. The van der Waals surface area contributed by atoms with Gasteiger partial charge in [-0.1, -0.05) is 36.5 Å². The normalized spacial score (nSPS) is 31.8. The van der Waals surface area contributed by atoms with E-state index in [1.165, 1.54) is 0 Å². The Bertz CT molecular complexity index is 189. The average molecular weight is 152 g/mol. The van der Waals surface area contributed by atoms with Gasteiger partial charge in [-0.05, 0) is 13.3 Å². The van der Waals surface area contributed by atoms with E-state index in [2.05, 4.69) is 52.6 Å². The van der Waals surface area contributed by atoms with E-state index in [0.29, 0.717) is 0 Å². The second-order valence-corrected chi connectivity index (χ2v) is 3.68. The van der Waals surface area contributed by atoms with Gasteiger partial charge in [0.2, 0.25) is 0 Å². The van der Waals surface area contributed by atoms with Crippen molar-refractivity contribution in [1.82, 2.24) is 0 Å². The van der Waals surface area contributed by atoms with Crippen molar-refractivity contribution in [3.8, 4) is 0 Å². The fourth-order valence-electron chi connectivity index (χ4n) is 1.09. The summed E-state index contributed by atoms with van der Waals surface area (Å²) in [5.74, 6) is 0. The molecule has 1 aliphatic carbocycles. The summed E-state index contributed by atoms with van der Waals surface area (Å²) in [6, 6.07) is 0. The van der Waals surface area contributed by atoms with Crippen LogP contribution >= 0.6 is 9.24 Å².